The molecular formula is C23H22F2N6O5. The Morgan fingerprint density at radius 2 is 1.92 bits per heavy atom. The lowest BCUT2D eigenvalue weighted by Crippen LogP contribution is -2.35. The minimum Gasteiger partial charge on any atom is -0.507 e. The van der Waals surface area contributed by atoms with Crippen molar-refractivity contribution in [2.45, 2.75) is 12.6 Å². The first-order valence-electron chi connectivity index (χ1n) is 11.2. The number of rotatable bonds is 5. The largest absolute Gasteiger partial charge is 0.507 e. The van der Waals surface area contributed by atoms with Gasteiger partial charge in [-0.3, -0.25) is 14.5 Å². The SMILES string of the molecule is O=C(c1ccccc1O)N1CCN(c2c(F)cc(N3C[C@H](Cn4ccnn4)OC3=O)cc2F)CCO1. The predicted octanol–water partition coefficient (Wildman–Crippen LogP) is 2.18. The van der Waals surface area contributed by atoms with Gasteiger partial charge in [-0.2, -0.15) is 0 Å². The van der Waals surface area contributed by atoms with Gasteiger partial charge in [0.05, 0.1) is 43.7 Å². The summed E-state index contributed by atoms with van der Waals surface area (Å²) in [5.74, 6) is -2.47. The van der Waals surface area contributed by atoms with Crippen LogP contribution in [0, 0.1) is 11.6 Å². The zero-order valence-corrected chi connectivity index (χ0v) is 19.0. The molecule has 2 amide bonds. The summed E-state index contributed by atoms with van der Waals surface area (Å²) in [5.41, 5.74) is -0.194. The van der Waals surface area contributed by atoms with E-state index in [0.29, 0.717) is 0 Å². The van der Waals surface area contributed by atoms with Crippen molar-refractivity contribution in [3.8, 4) is 5.75 Å². The van der Waals surface area contributed by atoms with Gasteiger partial charge in [0.1, 0.15) is 17.5 Å². The van der Waals surface area contributed by atoms with Crippen molar-refractivity contribution < 1.29 is 33.1 Å². The summed E-state index contributed by atoms with van der Waals surface area (Å²) < 4.78 is 37.1. The molecule has 2 aliphatic heterocycles. The van der Waals surface area contributed by atoms with E-state index >= 15 is 8.78 Å². The number of phenolic OH excluding ortho intramolecular Hbond substituents is 1. The van der Waals surface area contributed by atoms with Crippen molar-refractivity contribution in [1.82, 2.24) is 20.1 Å². The standard InChI is InChI=1S/C23H22F2N6O5/c24-18-11-15(30-14-16(36-23(30)34)13-29-6-5-26-27-29)12-19(25)21(18)28-7-8-31(35-10-9-28)22(33)17-3-1-2-4-20(17)32/h1-6,11-12,16,32H,7-10,13-14H2/t16-/m0/s1. The summed E-state index contributed by atoms with van der Waals surface area (Å²) in [4.78, 5) is 33.1. The second-order valence-electron chi connectivity index (χ2n) is 8.24. The van der Waals surface area contributed by atoms with E-state index in [0.717, 1.165) is 22.1 Å². The van der Waals surface area contributed by atoms with Gasteiger partial charge >= 0.3 is 6.09 Å². The smallest absolute Gasteiger partial charge is 0.414 e. The first kappa shape index (κ1) is 23.5. The summed E-state index contributed by atoms with van der Waals surface area (Å²) in [7, 11) is 0. The van der Waals surface area contributed by atoms with Gasteiger partial charge in [-0.05, 0) is 12.1 Å². The van der Waals surface area contributed by atoms with Crippen LogP contribution in [0.25, 0.3) is 0 Å². The molecule has 2 fully saturated rings. The van der Waals surface area contributed by atoms with Crippen molar-refractivity contribution in [2.24, 2.45) is 0 Å². The maximum atomic E-state index is 15.1. The van der Waals surface area contributed by atoms with E-state index in [-0.39, 0.29) is 62.0 Å². The number of cyclic esters (lactones) is 1. The second-order valence-corrected chi connectivity index (χ2v) is 8.24. The highest BCUT2D eigenvalue weighted by Crippen LogP contribution is 2.32. The van der Waals surface area contributed by atoms with Crippen LogP contribution >= 0.6 is 0 Å². The number of para-hydroxylation sites is 1. The van der Waals surface area contributed by atoms with Gasteiger partial charge in [0.25, 0.3) is 5.91 Å². The minimum absolute atomic E-state index is 0.0101. The number of aromatic hydroxyl groups is 1. The lowest BCUT2D eigenvalue weighted by Gasteiger charge is -2.24. The third-order valence-electron chi connectivity index (χ3n) is 5.91. The summed E-state index contributed by atoms with van der Waals surface area (Å²) in [5, 5.41) is 18.5. The molecule has 188 valence electrons. The highest BCUT2D eigenvalue weighted by Gasteiger charge is 2.34. The van der Waals surface area contributed by atoms with Crippen LogP contribution in [0.2, 0.25) is 0 Å². The summed E-state index contributed by atoms with van der Waals surface area (Å²) in [6, 6.07) is 8.20. The average molecular weight is 500 g/mol. The van der Waals surface area contributed by atoms with E-state index in [9.17, 15) is 14.7 Å². The maximum Gasteiger partial charge on any atom is 0.414 e. The molecule has 2 saturated heterocycles. The van der Waals surface area contributed by atoms with E-state index in [2.05, 4.69) is 10.3 Å². The van der Waals surface area contributed by atoms with Crippen LogP contribution in [-0.2, 0) is 16.1 Å². The lowest BCUT2D eigenvalue weighted by atomic mass is 10.2. The van der Waals surface area contributed by atoms with Crippen LogP contribution in [-0.4, -0.2) is 76.1 Å². The first-order chi connectivity index (χ1) is 17.4. The van der Waals surface area contributed by atoms with E-state index < -0.39 is 29.7 Å². The second kappa shape index (κ2) is 9.77. The Bertz CT molecular complexity index is 1250. The fourth-order valence-corrected chi connectivity index (χ4v) is 4.20. The van der Waals surface area contributed by atoms with E-state index in [1.54, 1.807) is 18.3 Å². The molecule has 13 heteroatoms. The molecule has 0 bridgehead atoms. The lowest BCUT2D eigenvalue weighted by molar-refractivity contribution is -0.111. The zero-order chi connectivity index (χ0) is 25.2. The number of amides is 2. The highest BCUT2D eigenvalue weighted by molar-refractivity contribution is 5.96. The molecule has 1 N–H and O–H groups in total. The van der Waals surface area contributed by atoms with Crippen molar-refractivity contribution in [2.75, 3.05) is 42.6 Å². The highest BCUT2D eigenvalue weighted by atomic mass is 19.1. The number of benzene rings is 2. The molecule has 0 saturated carbocycles. The molecule has 2 aromatic carbocycles. The monoisotopic (exact) mass is 500 g/mol. The van der Waals surface area contributed by atoms with Crippen LogP contribution in [0.4, 0.5) is 25.0 Å². The van der Waals surface area contributed by atoms with Gasteiger partial charge in [0.2, 0.25) is 0 Å². The molecule has 36 heavy (non-hydrogen) atoms. The molecule has 0 spiro atoms. The first-order valence-corrected chi connectivity index (χ1v) is 11.2. The van der Waals surface area contributed by atoms with Gasteiger partial charge in [-0.1, -0.05) is 17.3 Å². The third-order valence-corrected chi connectivity index (χ3v) is 5.91. The molecule has 0 radical (unpaired) electrons. The average Bonchev–Trinajstić information content (AvgIpc) is 3.42. The van der Waals surface area contributed by atoms with Crippen LogP contribution in [0.15, 0.2) is 48.8 Å². The number of hydroxylamine groups is 2. The van der Waals surface area contributed by atoms with Crippen molar-refractivity contribution >= 4 is 23.4 Å². The van der Waals surface area contributed by atoms with Gasteiger partial charge in [0, 0.05) is 31.4 Å². The van der Waals surface area contributed by atoms with E-state index in [1.165, 1.54) is 27.9 Å². The maximum absolute atomic E-state index is 15.1. The number of ether oxygens (including phenoxy) is 1. The Morgan fingerprint density at radius 3 is 2.64 bits per heavy atom. The fraction of sp³-hybridized carbons (Fsp3) is 0.304. The quantitative estimate of drug-likeness (QED) is 0.567. The van der Waals surface area contributed by atoms with Gasteiger partial charge in [0.15, 0.2) is 11.6 Å². The number of carbonyl (C=O) groups is 2. The minimum atomic E-state index is -0.863. The molecule has 0 aliphatic carbocycles. The number of aromatic nitrogens is 3. The predicted molar refractivity (Wildman–Crippen MR) is 121 cm³/mol. The van der Waals surface area contributed by atoms with Crippen LogP contribution in [0.1, 0.15) is 10.4 Å². The Balaban J connectivity index is 1.28. The third kappa shape index (κ3) is 4.64. The Hall–Kier alpha value is -4.26. The molecule has 3 aromatic rings. The molecule has 0 unspecified atom stereocenters. The number of nitrogens with zero attached hydrogens (tertiary/aromatic N) is 6. The molecule has 11 nitrogen and oxygen atoms in total. The van der Waals surface area contributed by atoms with E-state index in [1.807, 2.05) is 0 Å². The topological polar surface area (TPSA) is 113 Å². The zero-order valence-electron chi connectivity index (χ0n) is 19.0. The summed E-state index contributed by atoms with van der Waals surface area (Å²) >= 11 is 0. The Kier molecular flexibility index (Phi) is 6.38. The number of hydrogen-bond acceptors (Lipinski definition) is 8. The van der Waals surface area contributed by atoms with Gasteiger partial charge < -0.3 is 14.7 Å². The van der Waals surface area contributed by atoms with Crippen LogP contribution in [0.5, 0.6) is 5.75 Å². The Morgan fingerprint density at radius 1 is 1.14 bits per heavy atom. The molecule has 1 aromatic heterocycles. The molecule has 1 atom stereocenters. The van der Waals surface area contributed by atoms with Crippen LogP contribution < -0.4 is 9.80 Å². The Labute approximate surface area is 204 Å². The number of anilines is 2. The van der Waals surface area contributed by atoms with Gasteiger partial charge in [-0.25, -0.2) is 23.3 Å². The summed E-state index contributed by atoms with van der Waals surface area (Å²) in [6.45, 7) is 0.549. The number of phenols is 1. The molecule has 2 aliphatic rings. The van der Waals surface area contributed by atoms with Crippen molar-refractivity contribution in [1.29, 1.82) is 0 Å². The number of carbonyl (C=O) groups excluding carboxylic acids is 2. The molecule has 3 heterocycles. The van der Waals surface area contributed by atoms with Crippen molar-refractivity contribution in [3.63, 3.8) is 0 Å². The number of hydrogen-bond donors (Lipinski definition) is 1. The summed E-state index contributed by atoms with van der Waals surface area (Å²) in [6.07, 6.45) is 1.84. The van der Waals surface area contributed by atoms with Crippen LogP contribution in [0.3, 0.4) is 0 Å². The number of halogens is 2. The molecular weight excluding hydrogens is 478 g/mol. The van der Waals surface area contributed by atoms with E-state index in [4.69, 9.17) is 9.57 Å². The van der Waals surface area contributed by atoms with Gasteiger partial charge in [-0.15, -0.1) is 5.10 Å². The fourth-order valence-electron chi connectivity index (χ4n) is 4.20. The van der Waals surface area contributed by atoms with Crippen molar-refractivity contribution in [3.05, 3.63) is 66.0 Å². The molecule has 5 rings (SSSR count). The normalized spacial score (nSPS) is 18.3.